The number of rotatable bonds is 5. The van der Waals surface area contributed by atoms with E-state index in [-0.39, 0.29) is 21.7 Å². The zero-order valence-corrected chi connectivity index (χ0v) is 14.2. The highest BCUT2D eigenvalue weighted by atomic mass is 35.5. The number of hydrogen-bond acceptors (Lipinski definition) is 5. The number of halogens is 1. The summed E-state index contributed by atoms with van der Waals surface area (Å²) in [6, 6.07) is 12.7. The molecule has 0 saturated carbocycles. The molecule has 0 spiro atoms. The first-order valence-corrected chi connectivity index (χ1v) is 8.00. The summed E-state index contributed by atoms with van der Waals surface area (Å²) in [5, 5.41) is 2.62. The molecule has 1 heterocycles. The molecular formula is C18H13ClN2O5. The number of ether oxygens (including phenoxy) is 1. The second-order valence-corrected chi connectivity index (χ2v) is 5.80. The van der Waals surface area contributed by atoms with Crippen LogP contribution in [0.5, 0.6) is 0 Å². The number of esters is 1. The maximum Gasteiger partial charge on any atom is 0.327 e. The Morgan fingerprint density at radius 2 is 1.54 bits per heavy atom. The van der Waals surface area contributed by atoms with Gasteiger partial charge in [-0.3, -0.25) is 19.2 Å². The molecule has 0 aliphatic carbocycles. The summed E-state index contributed by atoms with van der Waals surface area (Å²) in [6.07, 6.45) is 0. The molecule has 1 N–H and O–H groups in total. The first-order chi connectivity index (χ1) is 12.5. The SMILES string of the molecule is O=C(CNC(=O)c1ccccc1Cl)OCN1C(=O)c2ccccc2C1=O. The van der Waals surface area contributed by atoms with Crippen molar-refractivity contribution >= 4 is 35.3 Å². The van der Waals surface area contributed by atoms with Gasteiger partial charge in [-0.05, 0) is 24.3 Å². The molecule has 8 heteroatoms. The lowest BCUT2D eigenvalue weighted by Gasteiger charge is -2.14. The van der Waals surface area contributed by atoms with E-state index in [1.165, 1.54) is 18.2 Å². The van der Waals surface area contributed by atoms with Crippen molar-refractivity contribution in [2.45, 2.75) is 0 Å². The van der Waals surface area contributed by atoms with Gasteiger partial charge in [0.15, 0.2) is 6.73 Å². The molecule has 0 fully saturated rings. The quantitative estimate of drug-likeness (QED) is 0.639. The van der Waals surface area contributed by atoms with Crippen LogP contribution in [0.1, 0.15) is 31.1 Å². The molecule has 3 amide bonds. The Morgan fingerprint density at radius 1 is 0.962 bits per heavy atom. The minimum Gasteiger partial charge on any atom is -0.442 e. The van der Waals surface area contributed by atoms with Gasteiger partial charge in [-0.2, -0.15) is 0 Å². The summed E-state index contributed by atoms with van der Waals surface area (Å²) in [5.41, 5.74) is 0.753. The topological polar surface area (TPSA) is 92.8 Å². The van der Waals surface area contributed by atoms with Crippen LogP contribution in [0.25, 0.3) is 0 Å². The van der Waals surface area contributed by atoms with E-state index in [9.17, 15) is 19.2 Å². The first-order valence-electron chi connectivity index (χ1n) is 7.62. The second-order valence-electron chi connectivity index (χ2n) is 5.39. The van der Waals surface area contributed by atoms with Gasteiger partial charge in [0.1, 0.15) is 6.54 Å². The van der Waals surface area contributed by atoms with Crippen molar-refractivity contribution in [1.82, 2.24) is 10.2 Å². The van der Waals surface area contributed by atoms with E-state index >= 15 is 0 Å². The number of nitrogens with zero attached hydrogens (tertiary/aromatic N) is 1. The van der Waals surface area contributed by atoms with Crippen LogP contribution in [-0.4, -0.2) is 41.9 Å². The van der Waals surface area contributed by atoms with Crippen molar-refractivity contribution < 1.29 is 23.9 Å². The molecule has 0 bridgehead atoms. The Hall–Kier alpha value is -3.19. The highest BCUT2D eigenvalue weighted by Crippen LogP contribution is 2.22. The van der Waals surface area contributed by atoms with Crippen LogP contribution in [0, 0.1) is 0 Å². The number of hydrogen-bond donors (Lipinski definition) is 1. The Balaban J connectivity index is 1.52. The van der Waals surface area contributed by atoms with E-state index < -0.39 is 37.0 Å². The van der Waals surface area contributed by atoms with Crippen LogP contribution in [0.2, 0.25) is 5.02 Å². The predicted molar refractivity (Wildman–Crippen MR) is 91.7 cm³/mol. The lowest BCUT2D eigenvalue weighted by Crippen LogP contribution is -2.36. The summed E-state index contributed by atoms with van der Waals surface area (Å²) >= 11 is 5.90. The largest absolute Gasteiger partial charge is 0.442 e. The molecule has 1 aliphatic heterocycles. The number of benzene rings is 2. The second kappa shape index (κ2) is 7.37. The monoisotopic (exact) mass is 372 g/mol. The predicted octanol–water partition coefficient (Wildman–Crippen LogP) is 1.87. The molecule has 132 valence electrons. The number of amides is 3. The van der Waals surface area contributed by atoms with Gasteiger partial charge in [0.05, 0.1) is 21.7 Å². The molecule has 0 unspecified atom stereocenters. The van der Waals surface area contributed by atoms with E-state index in [1.54, 1.807) is 30.3 Å². The van der Waals surface area contributed by atoms with Crippen LogP contribution < -0.4 is 5.32 Å². The molecule has 0 radical (unpaired) electrons. The molecule has 2 aromatic carbocycles. The van der Waals surface area contributed by atoms with Gasteiger partial charge < -0.3 is 10.1 Å². The van der Waals surface area contributed by atoms with E-state index in [1.807, 2.05) is 0 Å². The lowest BCUT2D eigenvalue weighted by atomic mass is 10.1. The number of fused-ring (bicyclic) bond motifs is 1. The third-order valence-electron chi connectivity index (χ3n) is 3.74. The normalized spacial score (nSPS) is 12.7. The van der Waals surface area contributed by atoms with E-state index in [0.717, 1.165) is 4.90 Å². The van der Waals surface area contributed by atoms with E-state index in [4.69, 9.17) is 16.3 Å². The average molecular weight is 373 g/mol. The molecule has 0 aromatic heterocycles. The molecule has 0 atom stereocenters. The van der Waals surface area contributed by atoms with Crippen LogP contribution >= 0.6 is 11.6 Å². The van der Waals surface area contributed by atoms with E-state index in [0.29, 0.717) is 0 Å². The van der Waals surface area contributed by atoms with Gasteiger partial charge in [0.2, 0.25) is 0 Å². The van der Waals surface area contributed by atoms with E-state index in [2.05, 4.69) is 5.32 Å². The smallest absolute Gasteiger partial charge is 0.327 e. The Bertz CT molecular complexity index is 877. The van der Waals surface area contributed by atoms with Crippen molar-refractivity contribution in [3.05, 3.63) is 70.2 Å². The van der Waals surface area contributed by atoms with Gasteiger partial charge >= 0.3 is 5.97 Å². The molecule has 3 rings (SSSR count). The zero-order valence-electron chi connectivity index (χ0n) is 13.4. The zero-order chi connectivity index (χ0) is 18.7. The summed E-state index contributed by atoms with van der Waals surface area (Å²) < 4.78 is 4.91. The summed E-state index contributed by atoms with van der Waals surface area (Å²) in [7, 11) is 0. The van der Waals surface area contributed by atoms with Crippen LogP contribution in [0.15, 0.2) is 48.5 Å². The molecule has 0 saturated heterocycles. The fourth-order valence-corrected chi connectivity index (χ4v) is 2.66. The third kappa shape index (κ3) is 3.43. The van der Waals surface area contributed by atoms with Crippen molar-refractivity contribution in [2.24, 2.45) is 0 Å². The van der Waals surface area contributed by atoms with Crippen molar-refractivity contribution in [3.8, 4) is 0 Å². The molecule has 7 nitrogen and oxygen atoms in total. The third-order valence-corrected chi connectivity index (χ3v) is 4.07. The fourth-order valence-electron chi connectivity index (χ4n) is 2.44. The number of nitrogens with one attached hydrogen (secondary N) is 1. The number of carbonyl (C=O) groups is 4. The molecule has 26 heavy (non-hydrogen) atoms. The van der Waals surface area contributed by atoms with Crippen molar-refractivity contribution in [3.63, 3.8) is 0 Å². The fraction of sp³-hybridized carbons (Fsp3) is 0.111. The van der Waals surface area contributed by atoms with Gasteiger partial charge in [0.25, 0.3) is 17.7 Å². The van der Waals surface area contributed by atoms with Gasteiger partial charge in [-0.15, -0.1) is 0 Å². The minimum atomic E-state index is -0.790. The lowest BCUT2D eigenvalue weighted by molar-refractivity contribution is -0.145. The molecule has 2 aromatic rings. The summed E-state index contributed by atoms with van der Waals surface area (Å²) in [6.45, 7) is -0.944. The standard InChI is InChI=1S/C18H13ClN2O5/c19-14-8-4-3-7-13(14)16(23)20-9-15(22)26-10-21-17(24)11-5-1-2-6-12(11)18(21)25/h1-8H,9-10H2,(H,20,23). The molecular weight excluding hydrogens is 360 g/mol. The Morgan fingerprint density at radius 3 is 2.15 bits per heavy atom. The Kier molecular flexibility index (Phi) is 4.99. The number of imide groups is 1. The van der Waals surface area contributed by atoms with Crippen LogP contribution in [0.3, 0.4) is 0 Å². The summed E-state index contributed by atoms with van der Waals surface area (Å²) in [5.74, 6) is -2.38. The average Bonchev–Trinajstić information content (AvgIpc) is 2.89. The van der Waals surface area contributed by atoms with Gasteiger partial charge in [0, 0.05) is 0 Å². The summed E-state index contributed by atoms with van der Waals surface area (Å²) in [4.78, 5) is 48.9. The van der Waals surface area contributed by atoms with Gasteiger partial charge in [-0.1, -0.05) is 35.9 Å². The maximum atomic E-state index is 12.1. The maximum absolute atomic E-state index is 12.1. The highest BCUT2D eigenvalue weighted by molar-refractivity contribution is 6.33. The minimum absolute atomic E-state index is 0.224. The van der Waals surface area contributed by atoms with Crippen molar-refractivity contribution in [1.29, 1.82) is 0 Å². The van der Waals surface area contributed by atoms with Crippen LogP contribution in [-0.2, 0) is 9.53 Å². The number of carbonyl (C=O) groups excluding carboxylic acids is 4. The van der Waals surface area contributed by atoms with Gasteiger partial charge in [-0.25, -0.2) is 4.90 Å². The highest BCUT2D eigenvalue weighted by Gasteiger charge is 2.35. The Labute approximate surface area is 153 Å². The molecule has 1 aliphatic rings. The van der Waals surface area contributed by atoms with Crippen LogP contribution in [0.4, 0.5) is 0 Å². The first kappa shape index (κ1) is 17.6. The van der Waals surface area contributed by atoms with Crippen molar-refractivity contribution in [2.75, 3.05) is 13.3 Å².